The highest BCUT2D eigenvalue weighted by Crippen LogP contribution is 2.25. The van der Waals surface area contributed by atoms with Crippen LogP contribution in [0.5, 0.6) is 0 Å². The highest BCUT2D eigenvalue weighted by atomic mass is 16.5. The largest absolute Gasteiger partial charge is 0.358 e. The van der Waals surface area contributed by atoms with Gasteiger partial charge in [0.05, 0.1) is 5.39 Å². The molecule has 0 spiro atoms. The molecule has 1 atom stereocenters. The fourth-order valence-electron chi connectivity index (χ4n) is 2.68. The van der Waals surface area contributed by atoms with Crippen LogP contribution in [0.25, 0.3) is 11.0 Å². The number of nitrogens with one attached hydrogen (secondary N) is 1. The second kappa shape index (κ2) is 6.51. The lowest BCUT2D eigenvalue weighted by molar-refractivity contribution is 0.361. The van der Waals surface area contributed by atoms with E-state index in [2.05, 4.69) is 44.3 Å². The summed E-state index contributed by atoms with van der Waals surface area (Å²) < 4.78 is 5.38. The molecule has 7 nitrogen and oxygen atoms in total. The van der Waals surface area contributed by atoms with Crippen molar-refractivity contribution in [1.82, 2.24) is 25.1 Å². The van der Waals surface area contributed by atoms with Crippen molar-refractivity contribution in [1.29, 1.82) is 0 Å². The van der Waals surface area contributed by atoms with Crippen LogP contribution in [0.1, 0.15) is 49.8 Å². The fraction of sp³-hybridized carbons (Fsp3) is 0.471. The number of nitrogens with zero attached hydrogens (tertiary/aromatic N) is 5. The zero-order valence-corrected chi connectivity index (χ0v) is 14.7. The first-order chi connectivity index (χ1) is 11.4. The highest BCUT2D eigenvalue weighted by Gasteiger charge is 2.17. The van der Waals surface area contributed by atoms with E-state index in [0.29, 0.717) is 17.5 Å². The van der Waals surface area contributed by atoms with Gasteiger partial charge in [-0.15, -0.1) is 0 Å². The van der Waals surface area contributed by atoms with Gasteiger partial charge in [0, 0.05) is 12.1 Å². The first-order valence-electron chi connectivity index (χ1n) is 8.12. The molecule has 0 aromatic carbocycles. The standard InChI is InChI=1S/C17H22N6O/c1-9(2)6-13-22-17(24-23-13)12(5)21-16-14-10(3)7-11(4)20-15(14)18-8-19-16/h7-9,12H,6H2,1-5H3,(H,18,19,20,21)/t12-/m1/s1. The van der Waals surface area contributed by atoms with Gasteiger partial charge in [0.15, 0.2) is 11.5 Å². The Morgan fingerprint density at radius 1 is 1.12 bits per heavy atom. The molecule has 3 aromatic heterocycles. The van der Waals surface area contributed by atoms with E-state index in [1.54, 1.807) is 0 Å². The molecule has 3 rings (SSSR count). The van der Waals surface area contributed by atoms with Crippen LogP contribution in [0.2, 0.25) is 0 Å². The van der Waals surface area contributed by atoms with Crippen molar-refractivity contribution in [3.05, 3.63) is 35.4 Å². The normalized spacial score (nSPS) is 12.8. The summed E-state index contributed by atoms with van der Waals surface area (Å²) >= 11 is 0. The van der Waals surface area contributed by atoms with Crippen molar-refractivity contribution in [2.45, 2.75) is 47.1 Å². The molecule has 1 N–H and O–H groups in total. The average Bonchev–Trinajstić information content (AvgIpc) is 2.94. The van der Waals surface area contributed by atoms with Gasteiger partial charge in [-0.3, -0.25) is 0 Å². The SMILES string of the molecule is Cc1cc(C)c2c(N[C@H](C)c3nc(CC(C)C)no3)ncnc2n1. The molecule has 0 radical (unpaired) electrons. The Morgan fingerprint density at radius 3 is 2.67 bits per heavy atom. The molecule has 0 amide bonds. The molecule has 7 heteroatoms. The first-order valence-corrected chi connectivity index (χ1v) is 8.12. The average molecular weight is 326 g/mol. The Bertz CT molecular complexity index is 857. The monoisotopic (exact) mass is 326 g/mol. The predicted octanol–water partition coefficient (Wildman–Crippen LogP) is 3.40. The van der Waals surface area contributed by atoms with Crippen molar-refractivity contribution in [3.63, 3.8) is 0 Å². The van der Waals surface area contributed by atoms with Crippen LogP contribution < -0.4 is 5.32 Å². The second-order valence-electron chi connectivity index (χ2n) is 6.51. The number of pyridine rings is 1. The molecular weight excluding hydrogens is 304 g/mol. The molecule has 0 fully saturated rings. The summed E-state index contributed by atoms with van der Waals surface area (Å²) in [6.07, 6.45) is 2.32. The molecule has 3 heterocycles. The quantitative estimate of drug-likeness (QED) is 0.768. The van der Waals surface area contributed by atoms with Crippen molar-refractivity contribution in [2.24, 2.45) is 5.92 Å². The third-order valence-corrected chi connectivity index (χ3v) is 3.73. The molecule has 24 heavy (non-hydrogen) atoms. The molecule has 0 saturated carbocycles. The third kappa shape index (κ3) is 3.34. The molecule has 0 aliphatic carbocycles. The molecule has 0 aliphatic heterocycles. The van der Waals surface area contributed by atoms with Gasteiger partial charge in [-0.2, -0.15) is 4.98 Å². The minimum absolute atomic E-state index is 0.155. The zero-order valence-electron chi connectivity index (χ0n) is 14.7. The number of aryl methyl sites for hydroxylation is 2. The van der Waals surface area contributed by atoms with Gasteiger partial charge in [-0.05, 0) is 38.3 Å². The molecule has 0 saturated heterocycles. The summed E-state index contributed by atoms with van der Waals surface area (Å²) in [6.45, 7) is 10.2. The van der Waals surface area contributed by atoms with E-state index in [4.69, 9.17) is 4.52 Å². The van der Waals surface area contributed by atoms with Gasteiger partial charge in [-0.25, -0.2) is 15.0 Å². The molecule has 0 aliphatic rings. The van der Waals surface area contributed by atoms with Crippen LogP contribution >= 0.6 is 0 Å². The summed E-state index contributed by atoms with van der Waals surface area (Å²) in [4.78, 5) is 17.6. The molecule has 126 valence electrons. The minimum atomic E-state index is -0.155. The zero-order chi connectivity index (χ0) is 17.3. The predicted molar refractivity (Wildman–Crippen MR) is 91.7 cm³/mol. The summed E-state index contributed by atoms with van der Waals surface area (Å²) in [5, 5.41) is 8.29. The van der Waals surface area contributed by atoms with E-state index >= 15 is 0 Å². The van der Waals surface area contributed by atoms with Crippen molar-refractivity contribution in [3.8, 4) is 0 Å². The van der Waals surface area contributed by atoms with Crippen LogP contribution in [-0.4, -0.2) is 25.1 Å². The van der Waals surface area contributed by atoms with Crippen LogP contribution in [0.3, 0.4) is 0 Å². The Balaban J connectivity index is 1.88. The maximum atomic E-state index is 5.38. The van der Waals surface area contributed by atoms with Crippen molar-refractivity contribution >= 4 is 16.9 Å². The number of rotatable bonds is 5. The van der Waals surface area contributed by atoms with Crippen LogP contribution in [0.4, 0.5) is 5.82 Å². The molecule has 0 unspecified atom stereocenters. The van der Waals surface area contributed by atoms with Crippen molar-refractivity contribution in [2.75, 3.05) is 5.32 Å². The number of hydrogen-bond donors (Lipinski definition) is 1. The smallest absolute Gasteiger partial charge is 0.248 e. The maximum absolute atomic E-state index is 5.38. The topological polar surface area (TPSA) is 89.6 Å². The number of hydrogen-bond acceptors (Lipinski definition) is 7. The Labute approximate surface area is 140 Å². The molecule has 3 aromatic rings. The Morgan fingerprint density at radius 2 is 1.92 bits per heavy atom. The van der Waals surface area contributed by atoms with E-state index in [-0.39, 0.29) is 6.04 Å². The van der Waals surface area contributed by atoms with Crippen LogP contribution in [0.15, 0.2) is 16.9 Å². The maximum Gasteiger partial charge on any atom is 0.248 e. The summed E-state index contributed by atoms with van der Waals surface area (Å²) in [5.74, 6) is 2.49. The van der Waals surface area contributed by atoms with E-state index in [1.165, 1.54) is 6.33 Å². The van der Waals surface area contributed by atoms with E-state index in [9.17, 15) is 0 Å². The highest BCUT2D eigenvalue weighted by molar-refractivity contribution is 5.89. The number of fused-ring (bicyclic) bond motifs is 1. The second-order valence-corrected chi connectivity index (χ2v) is 6.51. The summed E-state index contributed by atoms with van der Waals surface area (Å²) in [6, 6.07) is 1.87. The van der Waals surface area contributed by atoms with E-state index in [0.717, 1.165) is 34.7 Å². The number of aromatic nitrogens is 5. The first kappa shape index (κ1) is 16.3. The number of anilines is 1. The fourth-order valence-corrected chi connectivity index (χ4v) is 2.68. The lowest BCUT2D eigenvalue weighted by Gasteiger charge is -2.13. The van der Waals surface area contributed by atoms with E-state index < -0.39 is 0 Å². The summed E-state index contributed by atoms with van der Waals surface area (Å²) in [5.41, 5.74) is 2.70. The van der Waals surface area contributed by atoms with Gasteiger partial charge in [-0.1, -0.05) is 19.0 Å². The summed E-state index contributed by atoms with van der Waals surface area (Å²) in [7, 11) is 0. The molecular formula is C17H22N6O. The third-order valence-electron chi connectivity index (χ3n) is 3.73. The lowest BCUT2D eigenvalue weighted by atomic mass is 10.1. The van der Waals surface area contributed by atoms with Gasteiger partial charge < -0.3 is 9.84 Å². The van der Waals surface area contributed by atoms with E-state index in [1.807, 2.05) is 26.8 Å². The van der Waals surface area contributed by atoms with Crippen LogP contribution in [-0.2, 0) is 6.42 Å². The Kier molecular flexibility index (Phi) is 4.42. The minimum Gasteiger partial charge on any atom is -0.358 e. The Hall–Kier alpha value is -2.57. The van der Waals surface area contributed by atoms with Gasteiger partial charge in [0.2, 0.25) is 5.89 Å². The molecule has 0 bridgehead atoms. The van der Waals surface area contributed by atoms with Crippen molar-refractivity contribution < 1.29 is 4.52 Å². The van der Waals surface area contributed by atoms with Crippen LogP contribution in [0, 0.1) is 19.8 Å². The van der Waals surface area contributed by atoms with Gasteiger partial charge in [0.25, 0.3) is 0 Å². The van der Waals surface area contributed by atoms with Gasteiger partial charge >= 0.3 is 0 Å². The lowest BCUT2D eigenvalue weighted by Crippen LogP contribution is -2.10. The van der Waals surface area contributed by atoms with Gasteiger partial charge in [0.1, 0.15) is 18.2 Å².